The van der Waals surface area contributed by atoms with Crippen LogP contribution in [0.1, 0.15) is 44.1 Å². The van der Waals surface area contributed by atoms with E-state index < -0.39 is 0 Å². The second kappa shape index (κ2) is 6.25. The molecule has 1 heterocycles. The van der Waals surface area contributed by atoms with Crippen molar-refractivity contribution < 1.29 is 4.79 Å². The fourth-order valence-electron chi connectivity index (χ4n) is 3.44. The Morgan fingerprint density at radius 2 is 1.86 bits per heavy atom. The third kappa shape index (κ3) is 3.23. The maximum Gasteiger partial charge on any atom is 0.275 e. The first-order chi connectivity index (χ1) is 10.2. The van der Waals surface area contributed by atoms with Crippen molar-refractivity contribution in [2.24, 2.45) is 16.6 Å². The highest BCUT2D eigenvalue weighted by molar-refractivity contribution is 6.17. The average Bonchev–Trinajstić information content (AvgIpc) is 2.80. The van der Waals surface area contributed by atoms with E-state index >= 15 is 0 Å². The van der Waals surface area contributed by atoms with E-state index in [1.54, 1.807) is 0 Å². The van der Waals surface area contributed by atoms with E-state index in [9.17, 15) is 4.79 Å². The third-order valence-electron chi connectivity index (χ3n) is 4.61. The highest BCUT2D eigenvalue weighted by Gasteiger charge is 2.26. The fourth-order valence-corrected chi connectivity index (χ4v) is 3.44. The summed E-state index contributed by atoms with van der Waals surface area (Å²) in [6.45, 7) is 0. The second-order valence-corrected chi connectivity index (χ2v) is 6.10. The molecule has 3 nitrogen and oxygen atoms in total. The van der Waals surface area contributed by atoms with Gasteiger partial charge in [-0.25, -0.2) is 0 Å². The van der Waals surface area contributed by atoms with Gasteiger partial charge in [0.25, 0.3) is 5.91 Å². The van der Waals surface area contributed by atoms with E-state index in [-0.39, 0.29) is 5.91 Å². The number of nitrogens with two attached hydrogens (primary N) is 1. The van der Waals surface area contributed by atoms with Crippen molar-refractivity contribution in [3.63, 3.8) is 0 Å². The van der Waals surface area contributed by atoms with E-state index in [1.165, 1.54) is 18.4 Å². The van der Waals surface area contributed by atoms with Crippen molar-refractivity contribution >= 4 is 11.7 Å². The van der Waals surface area contributed by atoms with Crippen molar-refractivity contribution in [3.8, 4) is 0 Å². The average molecular weight is 282 g/mol. The molecule has 1 aliphatic carbocycles. The number of amidine groups is 1. The smallest absolute Gasteiger partial charge is 0.275 e. The summed E-state index contributed by atoms with van der Waals surface area (Å²) >= 11 is 0. The molecule has 0 spiro atoms. The molecule has 1 aliphatic heterocycles. The Bertz CT molecular complexity index is 586. The molecular weight excluding hydrogens is 260 g/mol. The molecule has 1 amide bonds. The molecule has 2 N–H and O–H groups in total. The van der Waals surface area contributed by atoms with E-state index in [2.05, 4.69) is 35.3 Å². The topological polar surface area (TPSA) is 55.4 Å². The van der Waals surface area contributed by atoms with Gasteiger partial charge in [0.15, 0.2) is 0 Å². The van der Waals surface area contributed by atoms with E-state index in [0.717, 1.165) is 43.3 Å². The summed E-state index contributed by atoms with van der Waals surface area (Å²) in [5, 5.41) is 0. The second-order valence-electron chi connectivity index (χ2n) is 6.10. The molecular formula is C18H22N2O. The Balaban J connectivity index is 1.71. The molecule has 0 saturated carbocycles. The normalized spacial score (nSPS) is 23.1. The Morgan fingerprint density at radius 1 is 1.05 bits per heavy atom. The van der Waals surface area contributed by atoms with Gasteiger partial charge in [0, 0.05) is 11.1 Å². The highest BCUT2D eigenvalue weighted by atomic mass is 16.1. The van der Waals surface area contributed by atoms with Crippen molar-refractivity contribution in [3.05, 3.63) is 47.0 Å². The van der Waals surface area contributed by atoms with Crippen LogP contribution in [0.4, 0.5) is 0 Å². The monoisotopic (exact) mass is 282 g/mol. The molecule has 0 bridgehead atoms. The van der Waals surface area contributed by atoms with Crippen molar-refractivity contribution in [1.29, 1.82) is 0 Å². The summed E-state index contributed by atoms with van der Waals surface area (Å²) in [7, 11) is 0. The molecule has 0 aromatic heterocycles. The summed E-state index contributed by atoms with van der Waals surface area (Å²) in [6.07, 6.45) is 7.44. The minimum Gasteiger partial charge on any atom is -0.383 e. The molecule has 0 radical (unpaired) electrons. The maximum absolute atomic E-state index is 11.8. The standard InChI is InChI=1S/C18H22N2O/c19-17-15-11-10-14(12-13-6-2-1-3-7-13)8-4-5-9-16(15)18(21)20-17/h1-3,6-7,14H,4-5,8-12H2,(H2,19,20,21). The highest BCUT2D eigenvalue weighted by Crippen LogP contribution is 2.31. The molecule has 1 aromatic carbocycles. The van der Waals surface area contributed by atoms with Crippen LogP contribution in [0.3, 0.4) is 0 Å². The van der Waals surface area contributed by atoms with Crippen LogP contribution in [0, 0.1) is 5.92 Å². The van der Waals surface area contributed by atoms with Gasteiger partial charge in [-0.15, -0.1) is 0 Å². The van der Waals surface area contributed by atoms with Gasteiger partial charge in [0.05, 0.1) is 0 Å². The number of amides is 1. The largest absolute Gasteiger partial charge is 0.383 e. The van der Waals surface area contributed by atoms with Crippen LogP contribution in [0.5, 0.6) is 0 Å². The van der Waals surface area contributed by atoms with Gasteiger partial charge in [-0.3, -0.25) is 4.79 Å². The maximum atomic E-state index is 11.8. The number of aliphatic imine (C=N–C) groups is 1. The van der Waals surface area contributed by atoms with Gasteiger partial charge in [-0.05, 0) is 43.6 Å². The molecule has 1 atom stereocenters. The number of carbonyl (C=O) groups is 1. The van der Waals surface area contributed by atoms with Gasteiger partial charge in [0.1, 0.15) is 5.84 Å². The fraction of sp³-hybridized carbons (Fsp3) is 0.444. The van der Waals surface area contributed by atoms with Crippen molar-refractivity contribution in [1.82, 2.24) is 0 Å². The molecule has 21 heavy (non-hydrogen) atoms. The van der Waals surface area contributed by atoms with Crippen LogP contribution >= 0.6 is 0 Å². The van der Waals surface area contributed by atoms with Crippen LogP contribution < -0.4 is 5.73 Å². The van der Waals surface area contributed by atoms with Crippen LogP contribution in [0.2, 0.25) is 0 Å². The quantitative estimate of drug-likeness (QED) is 0.904. The number of benzene rings is 1. The van der Waals surface area contributed by atoms with Crippen LogP contribution in [0.25, 0.3) is 0 Å². The lowest BCUT2D eigenvalue weighted by Crippen LogP contribution is -2.14. The number of rotatable bonds is 2. The van der Waals surface area contributed by atoms with Crippen LogP contribution in [0.15, 0.2) is 46.5 Å². The van der Waals surface area contributed by atoms with E-state index in [0.29, 0.717) is 11.8 Å². The minimum absolute atomic E-state index is 0.0935. The van der Waals surface area contributed by atoms with Crippen LogP contribution in [-0.2, 0) is 11.2 Å². The Kier molecular flexibility index (Phi) is 4.18. The van der Waals surface area contributed by atoms with Gasteiger partial charge < -0.3 is 5.73 Å². The summed E-state index contributed by atoms with van der Waals surface area (Å²) < 4.78 is 0. The molecule has 3 heteroatoms. The molecule has 1 unspecified atom stereocenters. The van der Waals surface area contributed by atoms with Crippen molar-refractivity contribution in [2.45, 2.75) is 44.9 Å². The van der Waals surface area contributed by atoms with E-state index in [1.807, 2.05) is 0 Å². The first kappa shape index (κ1) is 14.1. The zero-order valence-corrected chi connectivity index (χ0v) is 12.3. The van der Waals surface area contributed by atoms with Crippen LogP contribution in [-0.4, -0.2) is 11.7 Å². The minimum atomic E-state index is -0.0935. The molecule has 110 valence electrons. The summed E-state index contributed by atoms with van der Waals surface area (Å²) in [6, 6.07) is 10.7. The molecule has 0 fully saturated rings. The van der Waals surface area contributed by atoms with Gasteiger partial charge in [-0.1, -0.05) is 43.2 Å². The first-order valence-corrected chi connectivity index (χ1v) is 7.89. The van der Waals surface area contributed by atoms with Gasteiger partial charge >= 0.3 is 0 Å². The summed E-state index contributed by atoms with van der Waals surface area (Å²) in [4.78, 5) is 15.8. The number of nitrogens with zero attached hydrogens (tertiary/aromatic N) is 1. The zero-order chi connectivity index (χ0) is 14.7. The Hall–Kier alpha value is -1.90. The lowest BCUT2D eigenvalue weighted by atomic mass is 9.89. The predicted molar refractivity (Wildman–Crippen MR) is 85.0 cm³/mol. The summed E-state index contributed by atoms with van der Waals surface area (Å²) in [5.41, 5.74) is 9.23. The molecule has 2 aliphatic rings. The van der Waals surface area contributed by atoms with Crippen molar-refractivity contribution in [2.75, 3.05) is 0 Å². The van der Waals surface area contributed by atoms with Gasteiger partial charge in [0.2, 0.25) is 0 Å². The number of hydrogen-bond acceptors (Lipinski definition) is 2. The third-order valence-corrected chi connectivity index (χ3v) is 4.61. The Morgan fingerprint density at radius 3 is 2.67 bits per heavy atom. The lowest BCUT2D eigenvalue weighted by Gasteiger charge is -2.16. The summed E-state index contributed by atoms with van der Waals surface area (Å²) in [5.74, 6) is 1.04. The van der Waals surface area contributed by atoms with E-state index in [4.69, 9.17) is 5.73 Å². The lowest BCUT2D eigenvalue weighted by molar-refractivity contribution is -0.114. The number of hydrogen-bond donors (Lipinski definition) is 1. The Labute approximate surface area is 126 Å². The zero-order valence-electron chi connectivity index (χ0n) is 12.3. The van der Waals surface area contributed by atoms with Gasteiger partial charge in [-0.2, -0.15) is 4.99 Å². The molecule has 0 saturated heterocycles. The first-order valence-electron chi connectivity index (χ1n) is 7.89. The molecule has 1 aromatic rings. The SMILES string of the molecule is NC1=NC(=O)C2=C1CCC(Cc1ccccc1)CCCC2. The predicted octanol–water partition coefficient (Wildman–Crippen LogP) is 3.39. The molecule has 3 rings (SSSR count). The number of carbonyl (C=O) groups excluding carboxylic acids is 1.